The van der Waals surface area contributed by atoms with E-state index in [0.717, 1.165) is 6.54 Å². The van der Waals surface area contributed by atoms with Crippen molar-refractivity contribution in [2.75, 3.05) is 7.05 Å². The quantitative estimate of drug-likeness (QED) is 0.792. The van der Waals surface area contributed by atoms with E-state index in [1.54, 1.807) is 6.92 Å². The number of carbonyl (C=O) groups is 1. The molecule has 2 heteroatoms. The van der Waals surface area contributed by atoms with E-state index in [9.17, 15) is 4.79 Å². The lowest BCUT2D eigenvalue weighted by molar-refractivity contribution is -0.123. The Kier molecular flexibility index (Phi) is 8.30. The number of Topliss-reactive ketones (excluding diaryl/α,β-unsaturated/α-hetero) is 1. The van der Waals surface area contributed by atoms with Gasteiger partial charge in [0.25, 0.3) is 0 Å². The molecule has 102 valence electrons. The molecule has 1 aromatic rings. The molecule has 0 bridgehead atoms. The van der Waals surface area contributed by atoms with Gasteiger partial charge in [-0.15, -0.1) is 0 Å². The normalized spacial score (nSPS) is 12.0. The molecule has 0 aliphatic rings. The van der Waals surface area contributed by atoms with Crippen LogP contribution in [0.5, 0.6) is 0 Å². The molecule has 0 radical (unpaired) electrons. The highest BCUT2D eigenvalue weighted by atomic mass is 16.1. The van der Waals surface area contributed by atoms with Gasteiger partial charge < -0.3 is 0 Å². The minimum absolute atomic E-state index is 0.0141. The van der Waals surface area contributed by atoms with Crippen LogP contribution in [-0.4, -0.2) is 23.8 Å². The van der Waals surface area contributed by atoms with Crippen molar-refractivity contribution in [3.05, 3.63) is 35.9 Å². The first-order chi connectivity index (χ1) is 8.52. The van der Waals surface area contributed by atoms with Crippen LogP contribution in [0.3, 0.4) is 0 Å². The van der Waals surface area contributed by atoms with Crippen LogP contribution in [-0.2, 0) is 11.3 Å². The van der Waals surface area contributed by atoms with Crippen molar-refractivity contribution in [1.29, 1.82) is 0 Å². The average molecular weight is 249 g/mol. The molecule has 0 N–H and O–H groups in total. The zero-order valence-electron chi connectivity index (χ0n) is 12.6. The summed E-state index contributed by atoms with van der Waals surface area (Å²) in [6, 6.07) is 10.3. The number of hydrogen-bond donors (Lipinski definition) is 0. The van der Waals surface area contributed by atoms with Crippen LogP contribution in [0, 0.1) is 5.92 Å². The molecule has 0 amide bonds. The van der Waals surface area contributed by atoms with Crippen molar-refractivity contribution in [2.45, 2.75) is 47.2 Å². The topological polar surface area (TPSA) is 20.3 Å². The lowest BCUT2D eigenvalue weighted by Crippen LogP contribution is -2.40. The first-order valence-corrected chi connectivity index (χ1v) is 6.77. The molecule has 0 spiro atoms. The fraction of sp³-hybridized carbons (Fsp3) is 0.562. The predicted octanol–water partition coefficient (Wildman–Crippen LogP) is 3.76. The molecule has 1 unspecified atom stereocenters. The third-order valence-electron chi connectivity index (χ3n) is 2.80. The second-order valence-electron chi connectivity index (χ2n) is 4.70. The van der Waals surface area contributed by atoms with Gasteiger partial charge in [0.2, 0.25) is 0 Å². The van der Waals surface area contributed by atoms with Crippen LogP contribution in [0.15, 0.2) is 30.3 Å². The van der Waals surface area contributed by atoms with Crippen LogP contribution in [0.2, 0.25) is 0 Å². The van der Waals surface area contributed by atoms with Crippen molar-refractivity contribution >= 4 is 5.78 Å². The van der Waals surface area contributed by atoms with E-state index < -0.39 is 0 Å². The van der Waals surface area contributed by atoms with Crippen LogP contribution in [0.1, 0.15) is 40.2 Å². The van der Waals surface area contributed by atoms with Gasteiger partial charge in [-0.3, -0.25) is 9.69 Å². The van der Waals surface area contributed by atoms with Crippen LogP contribution in [0.4, 0.5) is 0 Å². The Morgan fingerprint density at radius 1 is 1.17 bits per heavy atom. The van der Waals surface area contributed by atoms with Crippen LogP contribution in [0.25, 0.3) is 0 Å². The zero-order valence-corrected chi connectivity index (χ0v) is 12.6. The molecule has 1 rings (SSSR count). The third-order valence-corrected chi connectivity index (χ3v) is 2.80. The Morgan fingerprint density at radius 3 is 2.06 bits per heavy atom. The number of carbonyl (C=O) groups excluding carboxylic acids is 1. The SMILES string of the molecule is CC.CC(=O)C(C(C)C)N(C)Cc1ccccc1. The Hall–Kier alpha value is -1.15. The van der Waals surface area contributed by atoms with Gasteiger partial charge in [0.05, 0.1) is 6.04 Å². The summed E-state index contributed by atoms with van der Waals surface area (Å²) in [7, 11) is 2.01. The lowest BCUT2D eigenvalue weighted by Gasteiger charge is -2.29. The van der Waals surface area contributed by atoms with E-state index in [-0.39, 0.29) is 11.8 Å². The Labute approximate surface area is 112 Å². The van der Waals surface area contributed by atoms with E-state index in [1.165, 1.54) is 5.56 Å². The first kappa shape index (κ1) is 16.9. The molecule has 18 heavy (non-hydrogen) atoms. The van der Waals surface area contributed by atoms with E-state index in [4.69, 9.17) is 0 Å². The van der Waals surface area contributed by atoms with E-state index in [1.807, 2.05) is 39.1 Å². The largest absolute Gasteiger partial charge is 0.298 e. The standard InChI is InChI=1S/C14H21NO.C2H6/c1-11(2)14(12(3)16)15(4)10-13-8-6-5-7-9-13;1-2/h5-9,11,14H,10H2,1-4H3;1-2H3. The summed E-state index contributed by atoms with van der Waals surface area (Å²) in [5.41, 5.74) is 1.25. The maximum absolute atomic E-state index is 11.6. The molecule has 0 aromatic heterocycles. The average Bonchev–Trinajstić information content (AvgIpc) is 2.31. The van der Waals surface area contributed by atoms with Gasteiger partial charge in [0.1, 0.15) is 5.78 Å². The molecule has 0 saturated carbocycles. The van der Waals surface area contributed by atoms with Crippen molar-refractivity contribution in [1.82, 2.24) is 4.90 Å². The van der Waals surface area contributed by atoms with Crippen molar-refractivity contribution < 1.29 is 4.79 Å². The van der Waals surface area contributed by atoms with Crippen molar-refractivity contribution in [2.24, 2.45) is 5.92 Å². The molecule has 0 saturated heterocycles. The summed E-state index contributed by atoms with van der Waals surface area (Å²) in [4.78, 5) is 13.7. The molecular formula is C16H27NO. The minimum atomic E-state index is 0.0141. The van der Waals surface area contributed by atoms with Gasteiger partial charge in [-0.2, -0.15) is 0 Å². The summed E-state index contributed by atoms with van der Waals surface area (Å²) in [5, 5.41) is 0. The smallest absolute Gasteiger partial charge is 0.147 e. The molecule has 0 heterocycles. The predicted molar refractivity (Wildman–Crippen MR) is 78.6 cm³/mol. The fourth-order valence-electron chi connectivity index (χ4n) is 2.26. The molecule has 0 aliphatic carbocycles. The number of ketones is 1. The number of benzene rings is 1. The van der Waals surface area contributed by atoms with Gasteiger partial charge >= 0.3 is 0 Å². The van der Waals surface area contributed by atoms with Gasteiger partial charge in [-0.05, 0) is 25.5 Å². The number of likely N-dealkylation sites (N-methyl/N-ethyl adjacent to an activating group) is 1. The minimum Gasteiger partial charge on any atom is -0.298 e. The summed E-state index contributed by atoms with van der Waals surface area (Å²) in [6.07, 6.45) is 0. The Morgan fingerprint density at radius 2 is 1.67 bits per heavy atom. The summed E-state index contributed by atoms with van der Waals surface area (Å²) < 4.78 is 0. The van der Waals surface area contributed by atoms with E-state index in [0.29, 0.717) is 5.92 Å². The summed E-state index contributed by atoms with van der Waals surface area (Å²) in [5.74, 6) is 0.597. The number of hydrogen-bond acceptors (Lipinski definition) is 2. The monoisotopic (exact) mass is 249 g/mol. The lowest BCUT2D eigenvalue weighted by atomic mass is 9.99. The highest BCUT2D eigenvalue weighted by Gasteiger charge is 2.22. The number of rotatable bonds is 5. The molecule has 0 fully saturated rings. The summed E-state index contributed by atoms with van der Waals surface area (Å²) >= 11 is 0. The molecular weight excluding hydrogens is 222 g/mol. The van der Waals surface area contributed by atoms with Gasteiger partial charge in [-0.1, -0.05) is 58.0 Å². The molecule has 2 nitrogen and oxygen atoms in total. The van der Waals surface area contributed by atoms with Gasteiger partial charge in [0.15, 0.2) is 0 Å². The highest BCUT2D eigenvalue weighted by Crippen LogP contribution is 2.13. The Bertz CT molecular complexity index is 332. The fourth-order valence-corrected chi connectivity index (χ4v) is 2.26. The van der Waals surface area contributed by atoms with Crippen molar-refractivity contribution in [3.8, 4) is 0 Å². The third kappa shape index (κ3) is 5.46. The van der Waals surface area contributed by atoms with Gasteiger partial charge in [-0.25, -0.2) is 0 Å². The Balaban J connectivity index is 0.00000137. The second kappa shape index (κ2) is 8.87. The number of nitrogens with zero attached hydrogens (tertiary/aromatic N) is 1. The second-order valence-corrected chi connectivity index (χ2v) is 4.70. The van der Waals surface area contributed by atoms with E-state index >= 15 is 0 Å². The first-order valence-electron chi connectivity index (χ1n) is 6.77. The van der Waals surface area contributed by atoms with Gasteiger partial charge in [0, 0.05) is 6.54 Å². The van der Waals surface area contributed by atoms with Crippen LogP contribution < -0.4 is 0 Å². The van der Waals surface area contributed by atoms with Crippen molar-refractivity contribution in [3.63, 3.8) is 0 Å². The molecule has 0 aliphatic heterocycles. The molecule has 1 aromatic carbocycles. The maximum atomic E-state index is 11.6. The summed E-state index contributed by atoms with van der Waals surface area (Å²) in [6.45, 7) is 10.7. The van der Waals surface area contributed by atoms with Crippen LogP contribution >= 0.6 is 0 Å². The highest BCUT2D eigenvalue weighted by molar-refractivity contribution is 5.81. The maximum Gasteiger partial charge on any atom is 0.147 e. The zero-order chi connectivity index (χ0) is 14.1. The van der Waals surface area contributed by atoms with E-state index in [2.05, 4.69) is 30.9 Å². The molecule has 1 atom stereocenters.